The molecule has 0 N–H and O–H groups in total. The van der Waals surface area contributed by atoms with E-state index in [4.69, 9.17) is 9.97 Å². The van der Waals surface area contributed by atoms with Gasteiger partial charge in [-0.1, -0.05) is 218 Å². The molecule has 0 amide bonds. The van der Waals surface area contributed by atoms with Crippen molar-refractivity contribution in [3.05, 3.63) is 388 Å². The maximum absolute atomic E-state index is 5.68. The van der Waals surface area contributed by atoms with Gasteiger partial charge in [0.1, 0.15) is 0 Å². The molecule has 19 rings (SSSR count). The second kappa shape index (κ2) is 25.2. The van der Waals surface area contributed by atoms with Crippen molar-refractivity contribution in [2.24, 2.45) is 0 Å². The van der Waals surface area contributed by atoms with Gasteiger partial charge >= 0.3 is 0 Å². The third-order valence-corrected chi connectivity index (χ3v) is 19.7. The van der Waals surface area contributed by atoms with Crippen molar-refractivity contribution in [1.82, 2.24) is 23.7 Å². The molecule has 4 heterocycles. The van der Waals surface area contributed by atoms with Crippen molar-refractivity contribution in [2.45, 2.75) is 0 Å². The molecule has 0 aliphatic carbocycles. The van der Waals surface area contributed by atoms with Crippen LogP contribution in [0.2, 0.25) is 0 Å². The Bertz CT molecular complexity index is 5700. The van der Waals surface area contributed by atoms with Crippen molar-refractivity contribution < 1.29 is 0 Å². The van der Waals surface area contributed by atoms with Crippen LogP contribution in [0.3, 0.4) is 0 Å². The number of nitrogens with zero attached hydrogens (tertiary/aromatic N) is 8. The summed E-state index contributed by atoms with van der Waals surface area (Å²) in [6, 6.07) is 139. The summed E-state index contributed by atoms with van der Waals surface area (Å²) in [5.41, 5.74) is 23.5. The summed E-state index contributed by atoms with van der Waals surface area (Å²) >= 11 is 0. The standard InChI is InChI=1S/C94H64N8/c1-7-31-68(32-8-1)97(77-52-55-83-80-46-19-22-49-88(80)100(91(83)61-77)71-37-13-4-14-38-71)74-43-25-28-65(58-74)86-64-87(66-29-26-44-75(59-66)98(69-33-9-2-10-34-69)78-53-56-84-81-47-20-23-50-89(81)101(92(84)62-78)72-39-15-5-16-40-72)96-94(95-86)67-30-27-45-76(60-67)99(70-35-11-3-12-36-70)79-54-57-85-82-48-21-24-51-90(82)102(93(85)63-79)73-41-17-6-18-42-73/h1-64H. The van der Waals surface area contributed by atoms with E-state index >= 15 is 0 Å². The first-order valence-corrected chi connectivity index (χ1v) is 34.6. The van der Waals surface area contributed by atoms with E-state index in [1.807, 2.05) is 0 Å². The molecule has 0 aliphatic heterocycles. The zero-order chi connectivity index (χ0) is 67.5. The molecule has 0 bridgehead atoms. The highest BCUT2D eigenvalue weighted by Crippen LogP contribution is 2.46. The summed E-state index contributed by atoms with van der Waals surface area (Å²) in [6.45, 7) is 0. The van der Waals surface area contributed by atoms with Crippen LogP contribution < -0.4 is 14.7 Å². The first kappa shape index (κ1) is 59.4. The van der Waals surface area contributed by atoms with Gasteiger partial charge in [0, 0.05) is 117 Å². The van der Waals surface area contributed by atoms with E-state index in [1.54, 1.807) is 0 Å². The van der Waals surface area contributed by atoms with Gasteiger partial charge in [0.2, 0.25) is 0 Å². The number of aromatic nitrogens is 5. The average Bonchev–Trinajstić information content (AvgIpc) is 1.60. The smallest absolute Gasteiger partial charge is 0.160 e. The van der Waals surface area contributed by atoms with Crippen LogP contribution in [0.4, 0.5) is 51.2 Å². The van der Waals surface area contributed by atoms with Crippen LogP contribution in [-0.4, -0.2) is 23.7 Å². The summed E-state index contributed by atoms with van der Waals surface area (Å²) in [5.74, 6) is 0.589. The highest BCUT2D eigenvalue weighted by atomic mass is 15.2. The molecule has 8 heteroatoms. The molecule has 0 radical (unpaired) electrons. The molecule has 0 saturated heterocycles. The number of benzene rings is 15. The predicted octanol–water partition coefficient (Wildman–Crippen LogP) is 25.2. The van der Waals surface area contributed by atoms with E-state index < -0.39 is 0 Å². The number of para-hydroxylation sites is 9. The second-order valence-corrected chi connectivity index (χ2v) is 25.8. The zero-order valence-electron chi connectivity index (χ0n) is 55.5. The lowest BCUT2D eigenvalue weighted by atomic mass is 10.0. The van der Waals surface area contributed by atoms with Crippen LogP contribution in [0, 0.1) is 0 Å². The van der Waals surface area contributed by atoms with E-state index in [0.717, 1.165) is 129 Å². The van der Waals surface area contributed by atoms with Crippen molar-refractivity contribution >= 4 is 117 Å². The largest absolute Gasteiger partial charge is 0.310 e. The molecule has 0 aliphatic rings. The number of anilines is 9. The van der Waals surface area contributed by atoms with Crippen molar-refractivity contribution in [3.63, 3.8) is 0 Å². The first-order valence-electron chi connectivity index (χ1n) is 34.6. The Labute approximate surface area is 590 Å². The van der Waals surface area contributed by atoms with Gasteiger partial charge in [0.05, 0.1) is 44.5 Å². The van der Waals surface area contributed by atoms with Gasteiger partial charge in [-0.2, -0.15) is 0 Å². The minimum Gasteiger partial charge on any atom is -0.310 e. The van der Waals surface area contributed by atoms with Crippen LogP contribution in [-0.2, 0) is 0 Å². The number of rotatable bonds is 15. The molecule has 0 unspecified atom stereocenters. The lowest BCUT2D eigenvalue weighted by Gasteiger charge is -2.27. The Morgan fingerprint density at radius 3 is 0.765 bits per heavy atom. The summed E-state index contributed by atoms with van der Waals surface area (Å²) in [4.78, 5) is 18.4. The second-order valence-electron chi connectivity index (χ2n) is 25.8. The summed E-state index contributed by atoms with van der Waals surface area (Å²) in [5, 5.41) is 7.18. The first-order chi connectivity index (χ1) is 50.6. The molecule has 19 aromatic rings. The lowest BCUT2D eigenvalue weighted by molar-refractivity contribution is 1.17. The fourth-order valence-corrected chi connectivity index (χ4v) is 15.2. The molecular formula is C94H64N8. The fraction of sp³-hybridized carbons (Fsp3) is 0. The van der Waals surface area contributed by atoms with Gasteiger partial charge in [-0.05, 0) is 170 Å². The SMILES string of the molecule is c1ccc(N(c2cccc(-c3cc(-c4cccc(N(c5ccccc5)c5ccc6c7ccccc7n(-c7ccccc7)c6c5)c4)nc(-c4cccc(N(c5ccccc5)c5ccc6c7ccccc7n(-c7ccccc7)c6c5)c4)n3)c2)c2ccc3c4ccccc4n(-c4ccccc4)c3c2)cc1. The molecular weight excluding hydrogens is 1240 g/mol. The van der Waals surface area contributed by atoms with Crippen molar-refractivity contribution in [2.75, 3.05) is 14.7 Å². The molecule has 0 saturated carbocycles. The van der Waals surface area contributed by atoms with Gasteiger partial charge in [0.15, 0.2) is 5.82 Å². The minimum atomic E-state index is 0.589. The van der Waals surface area contributed by atoms with Crippen molar-refractivity contribution in [3.8, 4) is 51.0 Å². The van der Waals surface area contributed by atoms with Gasteiger partial charge in [-0.3, -0.25) is 0 Å². The number of hydrogen-bond acceptors (Lipinski definition) is 5. The van der Waals surface area contributed by atoms with E-state index in [0.29, 0.717) is 5.82 Å². The Kier molecular flexibility index (Phi) is 14.7. The minimum absolute atomic E-state index is 0.589. The summed E-state index contributed by atoms with van der Waals surface area (Å²) in [6.07, 6.45) is 0. The van der Waals surface area contributed by atoms with Gasteiger partial charge in [0.25, 0.3) is 0 Å². The van der Waals surface area contributed by atoms with E-state index in [1.165, 1.54) is 32.3 Å². The van der Waals surface area contributed by atoms with Gasteiger partial charge < -0.3 is 28.4 Å². The third-order valence-electron chi connectivity index (χ3n) is 19.7. The molecule has 0 atom stereocenters. The molecule has 4 aromatic heterocycles. The average molecular weight is 1310 g/mol. The van der Waals surface area contributed by atoms with Crippen LogP contribution in [0.1, 0.15) is 0 Å². The fourth-order valence-electron chi connectivity index (χ4n) is 15.2. The monoisotopic (exact) mass is 1300 g/mol. The topological polar surface area (TPSA) is 50.3 Å². The summed E-state index contributed by atoms with van der Waals surface area (Å²) in [7, 11) is 0. The molecule has 8 nitrogen and oxygen atoms in total. The van der Waals surface area contributed by atoms with E-state index in [2.05, 4.69) is 417 Å². The quantitative estimate of drug-likeness (QED) is 0.102. The Morgan fingerprint density at radius 1 is 0.176 bits per heavy atom. The van der Waals surface area contributed by atoms with Gasteiger partial charge in [-0.15, -0.1) is 0 Å². The number of hydrogen-bond donors (Lipinski definition) is 0. The van der Waals surface area contributed by atoms with Crippen LogP contribution in [0.15, 0.2) is 388 Å². The normalized spacial score (nSPS) is 11.5. The highest BCUT2D eigenvalue weighted by Gasteiger charge is 2.24. The van der Waals surface area contributed by atoms with Crippen molar-refractivity contribution in [1.29, 1.82) is 0 Å². The predicted molar refractivity (Wildman–Crippen MR) is 425 cm³/mol. The molecule has 15 aromatic carbocycles. The molecule has 0 spiro atoms. The van der Waals surface area contributed by atoms with Crippen LogP contribution in [0.5, 0.6) is 0 Å². The van der Waals surface area contributed by atoms with Crippen LogP contribution in [0.25, 0.3) is 116 Å². The molecule has 102 heavy (non-hydrogen) atoms. The number of fused-ring (bicyclic) bond motifs is 9. The highest BCUT2D eigenvalue weighted by molar-refractivity contribution is 6.13. The Balaban J connectivity index is 0.787. The summed E-state index contributed by atoms with van der Waals surface area (Å²) < 4.78 is 7.15. The van der Waals surface area contributed by atoms with Crippen LogP contribution >= 0.6 is 0 Å². The zero-order valence-corrected chi connectivity index (χ0v) is 55.5. The maximum Gasteiger partial charge on any atom is 0.160 e. The lowest BCUT2D eigenvalue weighted by Crippen LogP contribution is -2.10. The molecule has 0 fully saturated rings. The maximum atomic E-state index is 5.68. The Morgan fingerprint density at radius 2 is 0.431 bits per heavy atom. The van der Waals surface area contributed by atoms with E-state index in [-0.39, 0.29) is 0 Å². The van der Waals surface area contributed by atoms with Gasteiger partial charge in [-0.25, -0.2) is 9.97 Å². The third kappa shape index (κ3) is 10.5. The van der Waals surface area contributed by atoms with E-state index in [9.17, 15) is 0 Å². The Hall–Kier alpha value is -13.8. The molecule has 480 valence electrons.